The molecule has 1 unspecified atom stereocenters. The van der Waals surface area contributed by atoms with Gasteiger partial charge in [-0.25, -0.2) is 0 Å². The van der Waals surface area contributed by atoms with Crippen LogP contribution in [0, 0.1) is 5.92 Å². The van der Waals surface area contributed by atoms with E-state index in [4.69, 9.17) is 16.3 Å². The molecular formula is C21H22ClNO3S. The summed E-state index contributed by atoms with van der Waals surface area (Å²) in [6.45, 7) is 3.84. The Morgan fingerprint density at radius 2 is 1.56 bits per heavy atom. The number of halogens is 1. The Labute approximate surface area is 169 Å². The molecule has 142 valence electrons. The number of carbonyl (C=O) groups is 2. The second-order valence-corrected chi connectivity index (χ2v) is 8.88. The lowest BCUT2D eigenvalue weighted by Crippen LogP contribution is -2.51. The number of amides is 1. The van der Waals surface area contributed by atoms with Crippen molar-refractivity contribution in [2.45, 2.75) is 23.5 Å². The van der Waals surface area contributed by atoms with E-state index in [1.165, 1.54) is 23.4 Å². The maximum Gasteiger partial charge on any atom is 0.326 e. The van der Waals surface area contributed by atoms with Gasteiger partial charge in [0.15, 0.2) is 0 Å². The SMILES string of the molecule is COC(=O)CN1SC(Cl)(C(C)C)C(c2ccccc2)(c2ccccc2)C1=O. The van der Waals surface area contributed by atoms with Gasteiger partial charge in [-0.15, -0.1) is 11.6 Å². The zero-order chi connectivity index (χ0) is 19.7. The van der Waals surface area contributed by atoms with Crippen molar-refractivity contribution in [3.05, 3.63) is 71.8 Å². The smallest absolute Gasteiger partial charge is 0.326 e. The number of benzene rings is 2. The number of ether oxygens (including phenoxy) is 1. The van der Waals surface area contributed by atoms with Crippen LogP contribution in [0.3, 0.4) is 0 Å². The molecule has 27 heavy (non-hydrogen) atoms. The van der Waals surface area contributed by atoms with Crippen LogP contribution in [-0.4, -0.2) is 34.0 Å². The summed E-state index contributed by atoms with van der Waals surface area (Å²) in [5.74, 6) is -0.745. The number of hydrogen-bond acceptors (Lipinski definition) is 4. The number of esters is 1. The van der Waals surface area contributed by atoms with Crippen LogP contribution in [-0.2, 0) is 19.7 Å². The molecule has 1 heterocycles. The largest absolute Gasteiger partial charge is 0.468 e. The summed E-state index contributed by atoms with van der Waals surface area (Å²) in [4.78, 5) is 25.7. The zero-order valence-corrected chi connectivity index (χ0v) is 17.1. The Kier molecular flexibility index (Phi) is 5.54. The summed E-state index contributed by atoms with van der Waals surface area (Å²) in [5, 5.41) is 0. The predicted molar refractivity (Wildman–Crippen MR) is 108 cm³/mol. The highest BCUT2D eigenvalue weighted by Crippen LogP contribution is 2.62. The third kappa shape index (κ3) is 3.03. The fraction of sp³-hybridized carbons (Fsp3) is 0.333. The van der Waals surface area contributed by atoms with Crippen molar-refractivity contribution in [1.82, 2.24) is 4.31 Å². The first kappa shape index (κ1) is 19.8. The van der Waals surface area contributed by atoms with Crippen molar-refractivity contribution in [1.29, 1.82) is 0 Å². The maximum absolute atomic E-state index is 13.8. The molecule has 0 aromatic heterocycles. The Morgan fingerprint density at radius 3 is 1.96 bits per heavy atom. The van der Waals surface area contributed by atoms with E-state index in [-0.39, 0.29) is 18.4 Å². The molecule has 0 radical (unpaired) electrons. The number of hydrogen-bond donors (Lipinski definition) is 0. The third-order valence-corrected chi connectivity index (χ3v) is 7.44. The molecule has 0 N–H and O–H groups in total. The molecule has 1 amide bonds. The lowest BCUT2D eigenvalue weighted by Gasteiger charge is -2.41. The minimum Gasteiger partial charge on any atom is -0.468 e. The topological polar surface area (TPSA) is 46.6 Å². The van der Waals surface area contributed by atoms with Crippen LogP contribution in [0.15, 0.2) is 60.7 Å². The molecule has 3 rings (SSSR count). The lowest BCUT2D eigenvalue weighted by atomic mass is 9.68. The van der Waals surface area contributed by atoms with E-state index in [0.717, 1.165) is 11.1 Å². The van der Waals surface area contributed by atoms with Crippen molar-refractivity contribution in [2.24, 2.45) is 5.92 Å². The Balaban J connectivity index is 2.28. The van der Waals surface area contributed by atoms with Crippen molar-refractivity contribution in [3.63, 3.8) is 0 Å². The first-order chi connectivity index (χ1) is 12.9. The van der Waals surface area contributed by atoms with E-state index >= 15 is 0 Å². The zero-order valence-electron chi connectivity index (χ0n) is 15.5. The molecule has 0 bridgehead atoms. The van der Waals surface area contributed by atoms with Crippen LogP contribution in [0.1, 0.15) is 25.0 Å². The minimum absolute atomic E-state index is 0.0591. The predicted octanol–water partition coefficient (Wildman–Crippen LogP) is 4.23. The second kappa shape index (κ2) is 7.56. The molecule has 1 aliphatic heterocycles. The van der Waals surface area contributed by atoms with E-state index in [1.54, 1.807) is 0 Å². The molecule has 2 aromatic carbocycles. The number of alkyl halides is 1. The summed E-state index contributed by atoms with van der Waals surface area (Å²) >= 11 is 8.48. The number of rotatable bonds is 5. The Morgan fingerprint density at radius 1 is 1.07 bits per heavy atom. The van der Waals surface area contributed by atoms with Gasteiger partial charge in [-0.1, -0.05) is 74.5 Å². The average molecular weight is 404 g/mol. The molecule has 1 aliphatic rings. The van der Waals surface area contributed by atoms with Gasteiger partial charge in [-0.3, -0.25) is 13.9 Å². The Bertz CT molecular complexity index is 788. The molecule has 6 heteroatoms. The van der Waals surface area contributed by atoms with Gasteiger partial charge in [0.25, 0.3) is 5.91 Å². The van der Waals surface area contributed by atoms with Gasteiger partial charge in [0.2, 0.25) is 0 Å². The van der Waals surface area contributed by atoms with Gasteiger partial charge in [0, 0.05) is 0 Å². The maximum atomic E-state index is 13.8. The van der Waals surface area contributed by atoms with Gasteiger partial charge in [-0.05, 0) is 29.0 Å². The molecular weight excluding hydrogens is 382 g/mol. The van der Waals surface area contributed by atoms with Crippen molar-refractivity contribution < 1.29 is 14.3 Å². The molecule has 1 atom stereocenters. The van der Waals surface area contributed by atoms with Crippen LogP contribution < -0.4 is 0 Å². The molecule has 0 saturated carbocycles. The highest BCUT2D eigenvalue weighted by molar-refractivity contribution is 8.00. The van der Waals surface area contributed by atoms with Crippen molar-refractivity contribution in [3.8, 4) is 0 Å². The van der Waals surface area contributed by atoms with E-state index in [1.807, 2.05) is 74.5 Å². The number of carbonyl (C=O) groups excluding carboxylic acids is 2. The highest BCUT2D eigenvalue weighted by Gasteiger charge is 2.67. The summed E-state index contributed by atoms with van der Waals surface area (Å²) in [6, 6.07) is 19.1. The van der Waals surface area contributed by atoms with Crippen molar-refractivity contribution >= 4 is 35.4 Å². The fourth-order valence-corrected chi connectivity index (χ4v) is 5.54. The first-order valence-electron chi connectivity index (χ1n) is 8.75. The van der Waals surface area contributed by atoms with Crippen LogP contribution in [0.25, 0.3) is 0 Å². The number of nitrogens with zero attached hydrogens (tertiary/aromatic N) is 1. The standard InChI is InChI=1S/C21H22ClNO3S/c1-15(2)21(22)20(16-10-6-4-7-11-16,17-12-8-5-9-13-17)19(25)23(27-21)14-18(24)26-3/h4-13,15H,14H2,1-3H3. The lowest BCUT2D eigenvalue weighted by molar-refractivity contribution is -0.144. The summed E-state index contributed by atoms with van der Waals surface area (Å²) in [7, 11) is 1.31. The molecule has 4 nitrogen and oxygen atoms in total. The highest BCUT2D eigenvalue weighted by atomic mass is 35.5. The first-order valence-corrected chi connectivity index (χ1v) is 9.91. The molecule has 0 aliphatic carbocycles. The normalized spacial score (nSPS) is 21.5. The van der Waals surface area contributed by atoms with Crippen LogP contribution in [0.2, 0.25) is 0 Å². The van der Waals surface area contributed by atoms with Gasteiger partial charge >= 0.3 is 5.97 Å². The average Bonchev–Trinajstić information content (AvgIpc) is 2.91. The molecule has 2 aromatic rings. The molecule has 1 fully saturated rings. The fourth-order valence-electron chi connectivity index (χ4n) is 3.61. The molecule has 0 spiro atoms. The van der Waals surface area contributed by atoms with Gasteiger partial charge in [0.05, 0.1) is 7.11 Å². The van der Waals surface area contributed by atoms with Gasteiger partial charge in [0.1, 0.15) is 16.2 Å². The van der Waals surface area contributed by atoms with E-state index in [2.05, 4.69) is 0 Å². The Hall–Kier alpha value is -1.98. The molecule has 1 saturated heterocycles. The van der Waals surface area contributed by atoms with Crippen LogP contribution >= 0.6 is 23.5 Å². The van der Waals surface area contributed by atoms with Crippen LogP contribution in [0.5, 0.6) is 0 Å². The van der Waals surface area contributed by atoms with Crippen molar-refractivity contribution in [2.75, 3.05) is 13.7 Å². The second-order valence-electron chi connectivity index (χ2n) is 6.79. The van der Waals surface area contributed by atoms with Crippen LogP contribution in [0.4, 0.5) is 0 Å². The summed E-state index contributed by atoms with van der Waals surface area (Å²) in [5.41, 5.74) is 0.499. The minimum atomic E-state index is -1.12. The summed E-state index contributed by atoms with van der Waals surface area (Å²) in [6.07, 6.45) is 0. The monoisotopic (exact) mass is 403 g/mol. The van der Waals surface area contributed by atoms with E-state index in [0.29, 0.717) is 0 Å². The summed E-state index contributed by atoms with van der Waals surface area (Å²) < 4.78 is 5.22. The number of methoxy groups -OCH3 is 1. The van der Waals surface area contributed by atoms with Gasteiger partial charge < -0.3 is 4.74 Å². The van der Waals surface area contributed by atoms with Gasteiger partial charge in [-0.2, -0.15) is 0 Å². The quantitative estimate of drug-likeness (QED) is 0.426. The third-order valence-electron chi connectivity index (χ3n) is 4.96. The van der Waals surface area contributed by atoms with E-state index < -0.39 is 15.6 Å². The van der Waals surface area contributed by atoms with E-state index in [9.17, 15) is 9.59 Å².